The summed E-state index contributed by atoms with van der Waals surface area (Å²) in [4.78, 5) is 12.1. The molecule has 0 saturated carbocycles. The van der Waals surface area contributed by atoms with Crippen LogP contribution in [0.25, 0.3) is 0 Å². The summed E-state index contributed by atoms with van der Waals surface area (Å²) in [5.74, 6) is 0.693. The molecule has 1 atom stereocenters. The van der Waals surface area contributed by atoms with Crippen LogP contribution in [0.1, 0.15) is 73.1 Å². The van der Waals surface area contributed by atoms with Crippen molar-refractivity contribution in [1.82, 2.24) is 0 Å². The number of allylic oxidation sites excluding steroid dienone is 5. The van der Waals surface area contributed by atoms with Gasteiger partial charge in [0.25, 0.3) is 0 Å². The molecule has 0 aromatic rings. The highest BCUT2D eigenvalue weighted by molar-refractivity contribution is 5.80. The molecule has 0 saturated heterocycles. The van der Waals surface area contributed by atoms with E-state index in [1.165, 1.54) is 11.1 Å². The highest BCUT2D eigenvalue weighted by Gasteiger charge is 2.20. The van der Waals surface area contributed by atoms with Gasteiger partial charge in [-0.1, -0.05) is 36.3 Å². The first kappa shape index (κ1) is 18.9. The van der Waals surface area contributed by atoms with Crippen LogP contribution in [0, 0.1) is 5.92 Å². The van der Waals surface area contributed by atoms with Crippen LogP contribution in [-0.2, 0) is 4.79 Å². The van der Waals surface area contributed by atoms with Gasteiger partial charge < -0.3 is 5.11 Å². The summed E-state index contributed by atoms with van der Waals surface area (Å²) in [6, 6.07) is 0. The van der Waals surface area contributed by atoms with Gasteiger partial charge in [0, 0.05) is 12.8 Å². The Morgan fingerprint density at radius 1 is 1.14 bits per heavy atom. The van der Waals surface area contributed by atoms with Crippen molar-refractivity contribution in [2.75, 3.05) is 0 Å². The van der Waals surface area contributed by atoms with Gasteiger partial charge in [-0.05, 0) is 64.9 Å². The fourth-order valence-corrected chi connectivity index (χ4v) is 2.81. The van der Waals surface area contributed by atoms with Crippen LogP contribution in [0.5, 0.6) is 0 Å². The Morgan fingerprint density at radius 3 is 2.45 bits per heavy atom. The van der Waals surface area contributed by atoms with E-state index in [-0.39, 0.29) is 0 Å². The number of hydrogen-bond acceptors (Lipinski definition) is 2. The molecule has 0 fully saturated rings. The molecule has 0 heterocycles. The standard InChI is InChI=1S/C20H32O2/c1-15-7-6-8-16(2)13-19(21)14-17(3)10-12-18(11-9-15)20(4,5)22/h8-9,11,17,22H,6-7,10,12-14H2,1-5H3/b15-9?,16-8-,18-11?/t17-/m0/s1. The van der Waals surface area contributed by atoms with Crippen molar-refractivity contribution >= 4 is 5.78 Å². The van der Waals surface area contributed by atoms with Gasteiger partial charge in [0.15, 0.2) is 0 Å². The summed E-state index contributed by atoms with van der Waals surface area (Å²) < 4.78 is 0. The van der Waals surface area contributed by atoms with E-state index in [4.69, 9.17) is 0 Å². The largest absolute Gasteiger partial charge is 0.386 e. The van der Waals surface area contributed by atoms with Crippen molar-refractivity contribution in [1.29, 1.82) is 0 Å². The predicted molar refractivity (Wildman–Crippen MR) is 93.8 cm³/mol. The molecule has 0 bridgehead atoms. The summed E-state index contributed by atoms with van der Waals surface area (Å²) in [6.45, 7) is 9.99. The van der Waals surface area contributed by atoms with E-state index in [2.05, 4.69) is 39.0 Å². The van der Waals surface area contributed by atoms with Crippen LogP contribution in [0.2, 0.25) is 0 Å². The van der Waals surface area contributed by atoms with E-state index < -0.39 is 5.60 Å². The molecule has 124 valence electrons. The van der Waals surface area contributed by atoms with E-state index in [0.717, 1.165) is 31.3 Å². The quantitative estimate of drug-likeness (QED) is 0.681. The molecule has 0 aromatic carbocycles. The molecule has 0 radical (unpaired) electrons. The molecular formula is C20H32O2. The second kappa shape index (κ2) is 8.47. The molecular weight excluding hydrogens is 272 g/mol. The van der Waals surface area contributed by atoms with Crippen LogP contribution >= 0.6 is 0 Å². The van der Waals surface area contributed by atoms with Crippen molar-refractivity contribution in [2.24, 2.45) is 5.92 Å². The van der Waals surface area contributed by atoms with Crippen LogP contribution in [0.15, 0.2) is 34.9 Å². The first-order valence-corrected chi connectivity index (χ1v) is 8.45. The summed E-state index contributed by atoms with van der Waals surface area (Å²) in [5.41, 5.74) is 2.75. The van der Waals surface area contributed by atoms with Crippen LogP contribution < -0.4 is 0 Å². The van der Waals surface area contributed by atoms with Crippen LogP contribution in [0.4, 0.5) is 0 Å². The number of Topliss-reactive ketones (excluding diaryl/α,β-unsaturated/α-hetero) is 1. The second-order valence-electron chi connectivity index (χ2n) is 7.42. The molecule has 1 N–H and O–H groups in total. The van der Waals surface area contributed by atoms with Gasteiger partial charge in [-0.2, -0.15) is 0 Å². The molecule has 0 aliphatic heterocycles. The summed E-state index contributed by atoms with van der Waals surface area (Å²) in [6.07, 6.45) is 11.4. The highest BCUT2D eigenvalue weighted by atomic mass is 16.3. The maximum Gasteiger partial charge on any atom is 0.137 e. The molecule has 0 aromatic heterocycles. The fraction of sp³-hybridized carbons (Fsp3) is 0.650. The van der Waals surface area contributed by atoms with E-state index in [9.17, 15) is 9.90 Å². The van der Waals surface area contributed by atoms with Gasteiger partial charge in [-0.3, -0.25) is 4.79 Å². The molecule has 2 heteroatoms. The van der Waals surface area contributed by atoms with Gasteiger partial charge in [-0.15, -0.1) is 0 Å². The topological polar surface area (TPSA) is 37.3 Å². The monoisotopic (exact) mass is 304 g/mol. The molecule has 0 spiro atoms. The Labute approximate surface area is 136 Å². The summed E-state index contributed by atoms with van der Waals surface area (Å²) in [5, 5.41) is 10.3. The first-order valence-electron chi connectivity index (χ1n) is 8.45. The third-order valence-electron chi connectivity index (χ3n) is 4.34. The average Bonchev–Trinajstić information content (AvgIpc) is 2.35. The number of carbonyl (C=O) groups is 1. The van der Waals surface area contributed by atoms with E-state index in [1.807, 2.05) is 13.8 Å². The lowest BCUT2D eigenvalue weighted by atomic mass is 9.88. The minimum Gasteiger partial charge on any atom is -0.386 e. The van der Waals surface area contributed by atoms with Crippen molar-refractivity contribution in [3.05, 3.63) is 34.9 Å². The molecule has 1 rings (SSSR count). The Morgan fingerprint density at radius 2 is 1.82 bits per heavy atom. The van der Waals surface area contributed by atoms with Crippen molar-refractivity contribution in [3.63, 3.8) is 0 Å². The molecule has 1 aliphatic rings. The third kappa shape index (κ3) is 7.22. The lowest BCUT2D eigenvalue weighted by Crippen LogP contribution is -2.22. The number of rotatable bonds is 1. The zero-order valence-corrected chi connectivity index (χ0v) is 14.9. The first-order chi connectivity index (χ1) is 10.2. The minimum atomic E-state index is -0.798. The molecule has 2 nitrogen and oxygen atoms in total. The van der Waals surface area contributed by atoms with Gasteiger partial charge in [-0.25, -0.2) is 0 Å². The second-order valence-corrected chi connectivity index (χ2v) is 7.42. The molecule has 0 amide bonds. The predicted octanol–water partition coefficient (Wildman–Crippen LogP) is 5.14. The summed E-state index contributed by atoms with van der Waals surface area (Å²) in [7, 11) is 0. The number of ketones is 1. The number of carbonyl (C=O) groups excluding carboxylic acids is 1. The number of aliphatic hydroxyl groups is 1. The van der Waals surface area contributed by atoms with E-state index in [0.29, 0.717) is 24.5 Å². The fourth-order valence-electron chi connectivity index (χ4n) is 2.81. The van der Waals surface area contributed by atoms with E-state index >= 15 is 0 Å². The van der Waals surface area contributed by atoms with E-state index in [1.54, 1.807) is 0 Å². The van der Waals surface area contributed by atoms with Crippen molar-refractivity contribution < 1.29 is 9.90 Å². The average molecular weight is 304 g/mol. The Bertz CT molecular complexity index is 472. The maximum absolute atomic E-state index is 12.1. The zero-order valence-electron chi connectivity index (χ0n) is 14.9. The maximum atomic E-state index is 12.1. The van der Waals surface area contributed by atoms with Crippen molar-refractivity contribution in [2.45, 2.75) is 78.7 Å². The molecule has 22 heavy (non-hydrogen) atoms. The minimum absolute atomic E-state index is 0.333. The third-order valence-corrected chi connectivity index (χ3v) is 4.34. The SMILES string of the molecule is CC1=CC=C(C(C)(C)O)CC[C@H](C)CC(=O)C/C(C)=C\CC1. The lowest BCUT2D eigenvalue weighted by molar-refractivity contribution is -0.119. The van der Waals surface area contributed by atoms with Gasteiger partial charge in [0.05, 0.1) is 5.60 Å². The number of hydrogen-bond donors (Lipinski definition) is 1. The van der Waals surface area contributed by atoms with Crippen LogP contribution in [-0.4, -0.2) is 16.5 Å². The highest BCUT2D eigenvalue weighted by Crippen LogP contribution is 2.25. The normalized spacial score (nSPS) is 25.6. The molecule has 0 unspecified atom stereocenters. The van der Waals surface area contributed by atoms with Gasteiger partial charge >= 0.3 is 0 Å². The van der Waals surface area contributed by atoms with Crippen LogP contribution in [0.3, 0.4) is 0 Å². The smallest absolute Gasteiger partial charge is 0.137 e. The Kier molecular flexibility index (Phi) is 7.28. The Balaban J connectivity index is 2.97. The summed E-state index contributed by atoms with van der Waals surface area (Å²) >= 11 is 0. The van der Waals surface area contributed by atoms with Gasteiger partial charge in [0.2, 0.25) is 0 Å². The van der Waals surface area contributed by atoms with Gasteiger partial charge in [0.1, 0.15) is 5.78 Å². The Hall–Kier alpha value is -1.15. The zero-order chi connectivity index (χ0) is 16.8. The van der Waals surface area contributed by atoms with Crippen molar-refractivity contribution in [3.8, 4) is 0 Å². The molecule has 1 aliphatic carbocycles. The lowest BCUT2D eigenvalue weighted by Gasteiger charge is -2.23.